The van der Waals surface area contributed by atoms with Crippen LogP contribution < -0.4 is 11.2 Å². The summed E-state index contributed by atoms with van der Waals surface area (Å²) >= 11 is 0. The second-order valence-electron chi connectivity index (χ2n) is 7.80. The average molecular weight is 431 g/mol. The van der Waals surface area contributed by atoms with E-state index in [9.17, 15) is 14.4 Å². The largest absolute Gasteiger partial charge is 0.481 e. The highest BCUT2D eigenvalue weighted by Crippen LogP contribution is 2.20. The molecule has 2 heterocycles. The van der Waals surface area contributed by atoms with Gasteiger partial charge < -0.3 is 10.1 Å². The number of carboxylic acids is 1. The van der Waals surface area contributed by atoms with Gasteiger partial charge in [-0.3, -0.25) is 18.7 Å². The number of carbonyl (C=O) groups is 1. The number of hydrogen-bond donors (Lipinski definition) is 2. The number of fused-ring (bicyclic) bond motifs is 2. The van der Waals surface area contributed by atoms with Crippen LogP contribution in [0.5, 0.6) is 0 Å². The molecule has 0 atom stereocenters. The third-order valence-corrected chi connectivity index (χ3v) is 5.57. The first-order valence-electron chi connectivity index (χ1n) is 10.7. The number of nitrogens with zero attached hydrogens (tertiary/aromatic N) is 2. The van der Waals surface area contributed by atoms with Crippen molar-refractivity contribution in [3.05, 3.63) is 86.7 Å². The van der Waals surface area contributed by atoms with Crippen molar-refractivity contribution in [1.82, 2.24) is 14.1 Å². The van der Waals surface area contributed by atoms with E-state index in [0.717, 1.165) is 39.4 Å². The molecule has 7 nitrogen and oxygen atoms in total. The first-order valence-corrected chi connectivity index (χ1v) is 10.7. The van der Waals surface area contributed by atoms with Crippen LogP contribution in [0, 0.1) is 0 Å². The van der Waals surface area contributed by atoms with Crippen LogP contribution in [0.25, 0.3) is 27.9 Å². The van der Waals surface area contributed by atoms with Crippen LogP contribution >= 0.6 is 0 Å². The van der Waals surface area contributed by atoms with Gasteiger partial charge in [0.2, 0.25) is 0 Å². The Morgan fingerprint density at radius 2 is 1.91 bits per heavy atom. The summed E-state index contributed by atoms with van der Waals surface area (Å²) in [5, 5.41) is 10.5. The Kier molecular flexibility index (Phi) is 6.07. The molecule has 2 aromatic heterocycles. The normalized spacial score (nSPS) is 11.7. The molecule has 0 bridgehead atoms. The summed E-state index contributed by atoms with van der Waals surface area (Å²) in [4.78, 5) is 40.7. The van der Waals surface area contributed by atoms with Crippen LogP contribution in [0.2, 0.25) is 0 Å². The first-order chi connectivity index (χ1) is 15.5. The van der Waals surface area contributed by atoms with Crippen molar-refractivity contribution in [1.29, 1.82) is 0 Å². The molecule has 0 fully saturated rings. The molecular weight excluding hydrogens is 406 g/mol. The van der Waals surface area contributed by atoms with Gasteiger partial charge in [0.1, 0.15) is 0 Å². The predicted octanol–water partition coefficient (Wildman–Crippen LogP) is 3.98. The van der Waals surface area contributed by atoms with Gasteiger partial charge in [-0.25, -0.2) is 4.79 Å². The third-order valence-electron chi connectivity index (χ3n) is 5.57. The molecule has 32 heavy (non-hydrogen) atoms. The number of aliphatic carboxylic acids is 1. The quantitative estimate of drug-likeness (QED) is 0.441. The lowest BCUT2D eigenvalue weighted by atomic mass is 10.1. The zero-order chi connectivity index (χ0) is 22.7. The van der Waals surface area contributed by atoms with E-state index in [4.69, 9.17) is 5.11 Å². The summed E-state index contributed by atoms with van der Waals surface area (Å²) in [5.41, 5.74) is 2.30. The first kappa shape index (κ1) is 21.4. The lowest BCUT2D eigenvalue weighted by Crippen LogP contribution is -2.40. The van der Waals surface area contributed by atoms with Crippen LogP contribution in [0.1, 0.15) is 37.3 Å². The van der Waals surface area contributed by atoms with Crippen molar-refractivity contribution < 1.29 is 9.90 Å². The van der Waals surface area contributed by atoms with E-state index < -0.39 is 17.2 Å². The van der Waals surface area contributed by atoms with Gasteiger partial charge in [-0.15, -0.1) is 0 Å². The molecule has 4 rings (SSSR count). The van der Waals surface area contributed by atoms with Gasteiger partial charge in [-0.2, -0.15) is 0 Å². The molecule has 2 N–H and O–H groups in total. The zero-order valence-electron chi connectivity index (χ0n) is 17.9. The minimum atomic E-state index is -1.06. The topological polar surface area (TPSA) is 97.1 Å². The van der Waals surface area contributed by atoms with Crippen LogP contribution in [0.3, 0.4) is 0 Å². The number of unbranched alkanes of at least 4 members (excludes halogenated alkanes) is 1. The van der Waals surface area contributed by atoms with Crippen molar-refractivity contribution >= 4 is 33.9 Å². The van der Waals surface area contributed by atoms with E-state index in [1.807, 2.05) is 48.7 Å². The molecule has 0 aliphatic heterocycles. The highest BCUT2D eigenvalue weighted by Gasteiger charge is 2.16. The van der Waals surface area contributed by atoms with Gasteiger partial charge in [-0.05, 0) is 35.7 Å². The average Bonchev–Trinajstić information content (AvgIpc) is 3.19. The Balaban J connectivity index is 1.90. The molecule has 0 unspecified atom stereocenters. The summed E-state index contributed by atoms with van der Waals surface area (Å²) in [7, 11) is 0. The Labute approximate surface area is 184 Å². The monoisotopic (exact) mass is 431 g/mol. The second-order valence-corrected chi connectivity index (χ2v) is 7.80. The Bertz CT molecular complexity index is 1440. The number of nitrogens with one attached hydrogen (secondary N) is 1. The lowest BCUT2D eigenvalue weighted by Gasteiger charge is -2.14. The highest BCUT2D eigenvalue weighted by atomic mass is 16.4. The van der Waals surface area contributed by atoms with E-state index in [1.165, 1.54) is 0 Å². The van der Waals surface area contributed by atoms with Crippen molar-refractivity contribution in [2.45, 2.75) is 39.3 Å². The standard InChI is InChI=1S/C25H25N3O4/c1-2-3-4-7-17-10-11-22-20(14-17)24(31)27(13-12-23(29)30)25(32)28(22)16-18-15-26-21-9-6-5-8-19(18)21/h4-11,14-15,26H,2-3,12-13,16H2,1H3,(H,29,30). The van der Waals surface area contributed by atoms with Crippen LogP contribution in [0.4, 0.5) is 0 Å². The minimum Gasteiger partial charge on any atom is -0.481 e. The molecular formula is C25H25N3O4. The maximum atomic E-state index is 13.3. The number of rotatable bonds is 8. The number of benzene rings is 2. The fourth-order valence-electron chi connectivity index (χ4n) is 3.92. The Morgan fingerprint density at radius 1 is 1.09 bits per heavy atom. The van der Waals surface area contributed by atoms with Crippen LogP contribution in [-0.4, -0.2) is 25.2 Å². The summed E-state index contributed by atoms with van der Waals surface area (Å²) in [5.74, 6) is -1.06. The minimum absolute atomic E-state index is 0.174. The fraction of sp³-hybridized carbons (Fsp3) is 0.240. The van der Waals surface area contributed by atoms with Gasteiger partial charge in [0.25, 0.3) is 5.56 Å². The second kappa shape index (κ2) is 9.09. The van der Waals surface area contributed by atoms with E-state index >= 15 is 0 Å². The zero-order valence-corrected chi connectivity index (χ0v) is 17.9. The third kappa shape index (κ3) is 4.14. The molecule has 0 spiro atoms. The predicted molar refractivity (Wildman–Crippen MR) is 126 cm³/mol. The maximum Gasteiger partial charge on any atom is 0.331 e. The molecule has 7 heteroatoms. The van der Waals surface area contributed by atoms with Crippen LogP contribution in [0.15, 0.2) is 64.3 Å². The molecule has 0 radical (unpaired) electrons. The van der Waals surface area contributed by atoms with Crippen molar-refractivity contribution in [2.75, 3.05) is 0 Å². The molecule has 0 aliphatic carbocycles. The molecule has 0 saturated carbocycles. The fourth-order valence-corrected chi connectivity index (χ4v) is 3.92. The van der Waals surface area contributed by atoms with E-state index in [0.29, 0.717) is 10.9 Å². The van der Waals surface area contributed by atoms with Gasteiger partial charge in [0.05, 0.1) is 23.9 Å². The molecule has 4 aromatic rings. The smallest absolute Gasteiger partial charge is 0.331 e. The Morgan fingerprint density at radius 3 is 2.69 bits per heavy atom. The summed E-state index contributed by atoms with van der Waals surface area (Å²) in [6.07, 6.45) is 7.52. The number of allylic oxidation sites excluding steroid dienone is 1. The molecule has 164 valence electrons. The summed E-state index contributed by atoms with van der Waals surface area (Å²) in [6, 6.07) is 13.3. The number of aromatic nitrogens is 3. The van der Waals surface area contributed by atoms with Gasteiger partial charge in [-0.1, -0.05) is 49.8 Å². The summed E-state index contributed by atoms with van der Waals surface area (Å²) in [6.45, 7) is 2.18. The van der Waals surface area contributed by atoms with E-state index in [1.54, 1.807) is 16.7 Å². The van der Waals surface area contributed by atoms with E-state index in [2.05, 4.69) is 11.9 Å². The van der Waals surface area contributed by atoms with E-state index in [-0.39, 0.29) is 19.5 Å². The molecule has 0 aliphatic rings. The van der Waals surface area contributed by atoms with Crippen molar-refractivity contribution in [2.24, 2.45) is 0 Å². The lowest BCUT2D eigenvalue weighted by molar-refractivity contribution is -0.137. The number of para-hydroxylation sites is 1. The van der Waals surface area contributed by atoms with Crippen LogP contribution in [-0.2, 0) is 17.9 Å². The number of H-pyrrole nitrogens is 1. The molecule has 0 amide bonds. The number of carboxylic acid groups (broad SMARTS) is 1. The SMILES string of the molecule is CCCC=Cc1ccc2c(c1)c(=O)n(CCC(=O)O)c(=O)n2Cc1c[nH]c2ccccc12. The van der Waals surface area contributed by atoms with Gasteiger partial charge in [0.15, 0.2) is 0 Å². The number of aromatic amines is 1. The molecule has 2 aromatic carbocycles. The Hall–Kier alpha value is -3.87. The summed E-state index contributed by atoms with van der Waals surface area (Å²) < 4.78 is 2.58. The molecule has 0 saturated heterocycles. The highest BCUT2D eigenvalue weighted by molar-refractivity contribution is 5.84. The van der Waals surface area contributed by atoms with Crippen molar-refractivity contribution in [3.63, 3.8) is 0 Å². The maximum absolute atomic E-state index is 13.3. The number of hydrogen-bond acceptors (Lipinski definition) is 3. The van der Waals surface area contributed by atoms with Gasteiger partial charge >= 0.3 is 11.7 Å². The van der Waals surface area contributed by atoms with Crippen molar-refractivity contribution in [3.8, 4) is 0 Å². The van der Waals surface area contributed by atoms with Gasteiger partial charge in [0, 0.05) is 23.6 Å².